The van der Waals surface area contributed by atoms with Crippen molar-refractivity contribution < 1.29 is 14.7 Å². The number of nitrogens with zero attached hydrogens (tertiary/aromatic N) is 3. The molecule has 0 atom stereocenters. The molecule has 0 radical (unpaired) electrons. The number of carboxylic acid groups (broad SMARTS) is 1. The van der Waals surface area contributed by atoms with Crippen LogP contribution in [0.3, 0.4) is 0 Å². The zero-order valence-electron chi connectivity index (χ0n) is 12.2. The molecule has 8 heteroatoms. The lowest BCUT2D eigenvalue weighted by Crippen LogP contribution is -2.55. The fourth-order valence-corrected chi connectivity index (χ4v) is 1.32. The summed E-state index contributed by atoms with van der Waals surface area (Å²) in [5.74, 6) is -1.20. The van der Waals surface area contributed by atoms with Crippen LogP contribution in [0.25, 0.3) is 0 Å². The zero-order valence-corrected chi connectivity index (χ0v) is 12.2. The van der Waals surface area contributed by atoms with Crippen LogP contribution >= 0.6 is 0 Å². The van der Waals surface area contributed by atoms with Crippen LogP contribution in [-0.4, -0.2) is 37.5 Å². The highest BCUT2D eigenvalue weighted by molar-refractivity contribution is 5.83. The second-order valence-corrected chi connectivity index (χ2v) is 5.83. The second-order valence-electron chi connectivity index (χ2n) is 5.83. The molecule has 1 amide bonds. The number of carbonyl (C=O) groups excluding carboxylic acids is 1. The number of nitrogens with one attached hydrogen (secondary N) is 1. The van der Waals surface area contributed by atoms with Gasteiger partial charge in [-0.1, -0.05) is 5.21 Å². The number of rotatable bonds is 6. The van der Waals surface area contributed by atoms with Crippen molar-refractivity contribution in [3.63, 3.8) is 0 Å². The van der Waals surface area contributed by atoms with E-state index in [0.29, 0.717) is 5.69 Å². The Morgan fingerprint density at radius 2 is 2.00 bits per heavy atom. The van der Waals surface area contributed by atoms with Crippen molar-refractivity contribution in [3.05, 3.63) is 11.9 Å². The fourth-order valence-electron chi connectivity index (χ4n) is 1.32. The normalized spacial score (nSPS) is 12.2. The van der Waals surface area contributed by atoms with Crippen LogP contribution in [0.1, 0.15) is 33.4 Å². The Balaban J connectivity index is 2.61. The first kappa shape index (κ1) is 16.1. The van der Waals surface area contributed by atoms with Crippen molar-refractivity contribution in [1.82, 2.24) is 20.3 Å². The summed E-state index contributed by atoms with van der Waals surface area (Å²) < 4.78 is 1.20. The molecule has 20 heavy (non-hydrogen) atoms. The van der Waals surface area contributed by atoms with Crippen molar-refractivity contribution >= 4 is 11.9 Å². The molecule has 1 aromatic heterocycles. The van der Waals surface area contributed by atoms with E-state index in [0.717, 1.165) is 0 Å². The number of nitrogens with two attached hydrogens (primary N) is 1. The van der Waals surface area contributed by atoms with Crippen LogP contribution in [0.5, 0.6) is 0 Å². The first-order valence-electron chi connectivity index (χ1n) is 6.22. The summed E-state index contributed by atoms with van der Waals surface area (Å²) >= 11 is 0. The van der Waals surface area contributed by atoms with Crippen molar-refractivity contribution in [2.75, 3.05) is 0 Å². The standard InChI is InChI=1S/C12H21N5O3/c1-11(2,12(3,4)13)10(20)14-5-8-6-17(16-15-8)7-9(18)19/h6H,5,7,13H2,1-4H3,(H,14,20)(H,18,19). The topological polar surface area (TPSA) is 123 Å². The van der Waals surface area contributed by atoms with Crippen molar-refractivity contribution in [1.29, 1.82) is 0 Å². The first-order chi connectivity index (χ1) is 9.04. The maximum absolute atomic E-state index is 12.1. The third-order valence-corrected chi connectivity index (χ3v) is 3.49. The molecule has 0 aliphatic rings. The van der Waals surface area contributed by atoms with Gasteiger partial charge in [0.1, 0.15) is 12.2 Å². The predicted octanol–water partition coefficient (Wildman–Crippen LogP) is -0.258. The molecule has 0 aromatic carbocycles. The van der Waals surface area contributed by atoms with Gasteiger partial charge in [0.2, 0.25) is 5.91 Å². The minimum absolute atomic E-state index is 0.179. The van der Waals surface area contributed by atoms with Crippen molar-refractivity contribution in [2.45, 2.75) is 46.3 Å². The van der Waals surface area contributed by atoms with Gasteiger partial charge in [-0.15, -0.1) is 5.10 Å². The SMILES string of the molecule is CC(C)(N)C(C)(C)C(=O)NCc1cn(CC(=O)O)nn1. The van der Waals surface area contributed by atoms with E-state index in [1.807, 2.05) is 0 Å². The molecule has 0 saturated heterocycles. The lowest BCUT2D eigenvalue weighted by molar-refractivity contribution is -0.138. The molecular formula is C12H21N5O3. The van der Waals surface area contributed by atoms with Gasteiger partial charge in [-0.3, -0.25) is 9.59 Å². The third-order valence-electron chi connectivity index (χ3n) is 3.49. The molecule has 0 bridgehead atoms. The summed E-state index contributed by atoms with van der Waals surface area (Å²) in [5, 5.41) is 18.8. The highest BCUT2D eigenvalue weighted by atomic mass is 16.4. The quantitative estimate of drug-likeness (QED) is 0.661. The van der Waals surface area contributed by atoms with E-state index in [4.69, 9.17) is 10.8 Å². The van der Waals surface area contributed by atoms with E-state index < -0.39 is 16.9 Å². The summed E-state index contributed by atoms with van der Waals surface area (Å²) in [6.07, 6.45) is 1.48. The van der Waals surface area contributed by atoms with Gasteiger partial charge in [-0.25, -0.2) is 4.68 Å². The molecule has 8 nitrogen and oxygen atoms in total. The minimum Gasteiger partial charge on any atom is -0.480 e. The minimum atomic E-state index is -1.00. The highest BCUT2D eigenvalue weighted by Gasteiger charge is 2.40. The van der Waals surface area contributed by atoms with Gasteiger partial charge in [-0.2, -0.15) is 0 Å². The van der Waals surface area contributed by atoms with Crippen LogP contribution in [-0.2, 0) is 22.7 Å². The van der Waals surface area contributed by atoms with Crippen LogP contribution in [0, 0.1) is 5.41 Å². The Bertz CT molecular complexity index is 501. The van der Waals surface area contributed by atoms with E-state index in [9.17, 15) is 9.59 Å². The Kier molecular flexibility index (Phi) is 4.49. The smallest absolute Gasteiger partial charge is 0.325 e. The number of carbonyl (C=O) groups is 2. The fraction of sp³-hybridized carbons (Fsp3) is 0.667. The van der Waals surface area contributed by atoms with E-state index >= 15 is 0 Å². The molecule has 0 saturated carbocycles. The van der Waals surface area contributed by atoms with Crippen molar-refractivity contribution in [3.8, 4) is 0 Å². The summed E-state index contributed by atoms with van der Waals surface area (Å²) in [6, 6.07) is 0. The largest absolute Gasteiger partial charge is 0.480 e. The van der Waals surface area contributed by atoms with E-state index in [1.54, 1.807) is 27.7 Å². The highest BCUT2D eigenvalue weighted by Crippen LogP contribution is 2.28. The molecule has 1 aromatic rings. The van der Waals surface area contributed by atoms with E-state index in [1.165, 1.54) is 10.9 Å². The number of aromatic nitrogens is 3. The van der Waals surface area contributed by atoms with Gasteiger partial charge in [0.15, 0.2) is 0 Å². The van der Waals surface area contributed by atoms with Gasteiger partial charge in [0, 0.05) is 5.54 Å². The number of carboxylic acids is 1. The summed E-state index contributed by atoms with van der Waals surface area (Å²) in [6.45, 7) is 7.03. The second kappa shape index (κ2) is 5.58. The van der Waals surface area contributed by atoms with Gasteiger partial charge in [-0.05, 0) is 27.7 Å². The molecule has 0 aliphatic heterocycles. The number of amides is 1. The Morgan fingerprint density at radius 3 is 2.50 bits per heavy atom. The molecule has 0 unspecified atom stereocenters. The van der Waals surface area contributed by atoms with E-state index in [2.05, 4.69) is 15.6 Å². The van der Waals surface area contributed by atoms with Crippen LogP contribution in [0.2, 0.25) is 0 Å². The molecule has 0 spiro atoms. The molecule has 1 rings (SSSR count). The molecule has 0 aliphatic carbocycles. The predicted molar refractivity (Wildman–Crippen MR) is 71.6 cm³/mol. The molecule has 112 valence electrons. The van der Waals surface area contributed by atoms with E-state index in [-0.39, 0.29) is 19.0 Å². The number of hydrogen-bond acceptors (Lipinski definition) is 5. The van der Waals surface area contributed by atoms with Gasteiger partial charge >= 0.3 is 5.97 Å². The molecule has 1 heterocycles. The summed E-state index contributed by atoms with van der Waals surface area (Å²) in [5.41, 5.74) is 5.06. The summed E-state index contributed by atoms with van der Waals surface area (Å²) in [7, 11) is 0. The number of hydrogen-bond donors (Lipinski definition) is 3. The first-order valence-corrected chi connectivity index (χ1v) is 6.22. The molecule has 0 fully saturated rings. The zero-order chi connectivity index (χ0) is 15.6. The Labute approximate surface area is 117 Å². The van der Waals surface area contributed by atoms with Gasteiger partial charge < -0.3 is 16.2 Å². The van der Waals surface area contributed by atoms with Crippen LogP contribution in [0.15, 0.2) is 6.20 Å². The maximum Gasteiger partial charge on any atom is 0.325 e. The average Bonchev–Trinajstić information content (AvgIpc) is 2.71. The van der Waals surface area contributed by atoms with Crippen molar-refractivity contribution in [2.24, 2.45) is 11.1 Å². The van der Waals surface area contributed by atoms with Crippen LogP contribution in [0.4, 0.5) is 0 Å². The van der Waals surface area contributed by atoms with Crippen LogP contribution < -0.4 is 11.1 Å². The molecular weight excluding hydrogens is 262 g/mol. The Hall–Kier alpha value is -1.96. The summed E-state index contributed by atoms with van der Waals surface area (Å²) in [4.78, 5) is 22.6. The maximum atomic E-state index is 12.1. The molecule has 4 N–H and O–H groups in total. The lowest BCUT2D eigenvalue weighted by atomic mass is 9.74. The number of aliphatic carboxylic acids is 1. The Morgan fingerprint density at radius 1 is 1.40 bits per heavy atom. The third kappa shape index (κ3) is 3.77. The average molecular weight is 283 g/mol. The monoisotopic (exact) mass is 283 g/mol. The lowest BCUT2D eigenvalue weighted by Gasteiger charge is -2.36. The van der Waals surface area contributed by atoms with Gasteiger partial charge in [0.25, 0.3) is 0 Å². The van der Waals surface area contributed by atoms with Gasteiger partial charge in [0.05, 0.1) is 18.2 Å².